The lowest BCUT2D eigenvalue weighted by molar-refractivity contribution is -0.160. The average molecular weight is 264 g/mol. The molecule has 6 atom stereocenters. The molecule has 2 bridgehead atoms. The number of carbonyl (C=O) groups is 2. The van der Waals surface area contributed by atoms with Crippen molar-refractivity contribution in [3.8, 4) is 0 Å². The van der Waals surface area contributed by atoms with Crippen LogP contribution in [-0.2, 0) is 19.1 Å². The van der Waals surface area contributed by atoms with Gasteiger partial charge in [-0.3, -0.25) is 9.59 Å². The molecule has 104 valence electrons. The first-order chi connectivity index (χ1) is 9.16. The van der Waals surface area contributed by atoms with Crippen LogP contribution in [0.2, 0.25) is 0 Å². The molecule has 0 N–H and O–H groups in total. The van der Waals surface area contributed by atoms with Gasteiger partial charge in [0.2, 0.25) is 0 Å². The highest BCUT2D eigenvalue weighted by Gasteiger charge is 2.67. The van der Waals surface area contributed by atoms with Crippen LogP contribution in [0.25, 0.3) is 0 Å². The SMILES string of the molecule is CC1C2CC3C1OC(=O)C3C2C(=O)OC1CCCC1. The third kappa shape index (κ3) is 1.52. The van der Waals surface area contributed by atoms with Gasteiger partial charge in [0, 0.05) is 5.92 Å². The van der Waals surface area contributed by atoms with Crippen molar-refractivity contribution in [1.29, 1.82) is 0 Å². The fourth-order valence-electron chi connectivity index (χ4n) is 4.95. The number of hydrogen-bond donors (Lipinski definition) is 0. The molecular formula is C15H20O4. The Morgan fingerprint density at radius 2 is 2.00 bits per heavy atom. The van der Waals surface area contributed by atoms with Crippen molar-refractivity contribution < 1.29 is 19.1 Å². The van der Waals surface area contributed by atoms with Crippen LogP contribution < -0.4 is 0 Å². The van der Waals surface area contributed by atoms with Gasteiger partial charge in [-0.15, -0.1) is 0 Å². The predicted molar refractivity (Wildman–Crippen MR) is 66.0 cm³/mol. The number of carbonyl (C=O) groups excluding carboxylic acids is 2. The van der Waals surface area contributed by atoms with E-state index in [4.69, 9.17) is 9.47 Å². The van der Waals surface area contributed by atoms with E-state index in [2.05, 4.69) is 6.92 Å². The van der Waals surface area contributed by atoms with Gasteiger partial charge in [0.25, 0.3) is 0 Å². The summed E-state index contributed by atoms with van der Waals surface area (Å²) in [5, 5.41) is 0. The first kappa shape index (κ1) is 11.7. The highest BCUT2D eigenvalue weighted by Crippen LogP contribution is 2.60. The van der Waals surface area contributed by atoms with E-state index in [1.54, 1.807) is 0 Å². The lowest BCUT2D eigenvalue weighted by atomic mass is 9.75. The van der Waals surface area contributed by atoms with E-state index in [1.807, 2.05) is 0 Å². The molecule has 0 radical (unpaired) electrons. The summed E-state index contributed by atoms with van der Waals surface area (Å²) < 4.78 is 11.1. The van der Waals surface area contributed by atoms with Gasteiger partial charge in [-0.25, -0.2) is 0 Å². The van der Waals surface area contributed by atoms with Crippen molar-refractivity contribution >= 4 is 11.9 Å². The molecule has 4 nitrogen and oxygen atoms in total. The predicted octanol–water partition coefficient (Wildman–Crippen LogP) is 1.92. The third-order valence-electron chi connectivity index (χ3n) is 5.85. The van der Waals surface area contributed by atoms with Gasteiger partial charge in [-0.1, -0.05) is 6.92 Å². The monoisotopic (exact) mass is 264 g/mol. The Balaban J connectivity index is 1.54. The third-order valence-corrected chi connectivity index (χ3v) is 5.85. The van der Waals surface area contributed by atoms with Crippen molar-refractivity contribution in [1.82, 2.24) is 0 Å². The van der Waals surface area contributed by atoms with Gasteiger partial charge in [0.15, 0.2) is 0 Å². The van der Waals surface area contributed by atoms with Crippen LogP contribution in [0, 0.1) is 29.6 Å². The zero-order chi connectivity index (χ0) is 13.1. The number of fused-ring (bicyclic) bond motifs is 1. The van der Waals surface area contributed by atoms with Gasteiger partial charge in [0.1, 0.15) is 12.2 Å². The van der Waals surface area contributed by atoms with E-state index >= 15 is 0 Å². The average Bonchev–Trinajstić information content (AvgIpc) is 3.07. The molecule has 0 spiro atoms. The molecule has 0 aromatic heterocycles. The van der Waals surface area contributed by atoms with E-state index < -0.39 is 0 Å². The smallest absolute Gasteiger partial charge is 0.310 e. The van der Waals surface area contributed by atoms with Crippen molar-refractivity contribution in [3.63, 3.8) is 0 Å². The van der Waals surface area contributed by atoms with E-state index in [0.717, 1.165) is 32.1 Å². The van der Waals surface area contributed by atoms with E-state index in [9.17, 15) is 9.59 Å². The minimum Gasteiger partial charge on any atom is -0.462 e. The second-order valence-corrected chi connectivity index (χ2v) is 6.72. The normalized spacial score (nSPS) is 47.7. The molecule has 3 saturated carbocycles. The zero-order valence-corrected chi connectivity index (χ0v) is 11.2. The number of esters is 2. The molecule has 4 rings (SSSR count). The van der Waals surface area contributed by atoms with Gasteiger partial charge < -0.3 is 9.47 Å². The number of hydrogen-bond acceptors (Lipinski definition) is 4. The summed E-state index contributed by atoms with van der Waals surface area (Å²) in [7, 11) is 0. The summed E-state index contributed by atoms with van der Waals surface area (Å²) in [4.78, 5) is 24.4. The molecule has 1 aliphatic heterocycles. The Morgan fingerprint density at radius 3 is 2.74 bits per heavy atom. The van der Waals surface area contributed by atoms with E-state index in [-0.39, 0.29) is 41.9 Å². The molecule has 1 saturated heterocycles. The molecule has 0 aromatic carbocycles. The van der Waals surface area contributed by atoms with Gasteiger partial charge in [-0.2, -0.15) is 0 Å². The quantitative estimate of drug-likeness (QED) is 0.715. The molecular weight excluding hydrogens is 244 g/mol. The Kier molecular flexibility index (Phi) is 2.45. The molecule has 4 fully saturated rings. The van der Waals surface area contributed by atoms with Gasteiger partial charge in [0.05, 0.1) is 11.8 Å². The summed E-state index contributed by atoms with van der Waals surface area (Å²) >= 11 is 0. The molecule has 0 aromatic rings. The molecule has 4 aliphatic rings. The first-order valence-electron chi connectivity index (χ1n) is 7.58. The maximum atomic E-state index is 12.4. The molecule has 0 amide bonds. The van der Waals surface area contributed by atoms with Crippen LogP contribution in [0.3, 0.4) is 0 Å². The first-order valence-corrected chi connectivity index (χ1v) is 7.58. The zero-order valence-electron chi connectivity index (χ0n) is 11.2. The molecule has 1 heterocycles. The van der Waals surface area contributed by atoms with Crippen molar-refractivity contribution in [3.05, 3.63) is 0 Å². The minimum atomic E-state index is -0.230. The molecule has 6 unspecified atom stereocenters. The van der Waals surface area contributed by atoms with Crippen molar-refractivity contribution in [2.75, 3.05) is 0 Å². The van der Waals surface area contributed by atoms with E-state index in [1.165, 1.54) is 0 Å². The van der Waals surface area contributed by atoms with E-state index in [0.29, 0.717) is 11.8 Å². The lowest BCUT2D eigenvalue weighted by Gasteiger charge is -2.28. The van der Waals surface area contributed by atoms with Crippen LogP contribution in [0.4, 0.5) is 0 Å². The van der Waals surface area contributed by atoms with Crippen LogP contribution in [-0.4, -0.2) is 24.1 Å². The Bertz CT molecular complexity index is 426. The van der Waals surface area contributed by atoms with Gasteiger partial charge in [-0.05, 0) is 43.9 Å². The summed E-state index contributed by atoms with van der Waals surface area (Å²) in [6.45, 7) is 2.11. The van der Waals surface area contributed by atoms with Gasteiger partial charge >= 0.3 is 11.9 Å². The largest absolute Gasteiger partial charge is 0.462 e. The molecule has 19 heavy (non-hydrogen) atoms. The van der Waals surface area contributed by atoms with Crippen LogP contribution in [0.1, 0.15) is 39.0 Å². The molecule has 4 heteroatoms. The molecule has 3 aliphatic carbocycles. The summed E-state index contributed by atoms with van der Waals surface area (Å²) in [6, 6.07) is 0. The van der Waals surface area contributed by atoms with Crippen LogP contribution in [0.5, 0.6) is 0 Å². The second-order valence-electron chi connectivity index (χ2n) is 6.72. The summed E-state index contributed by atoms with van der Waals surface area (Å²) in [6.07, 6.45) is 5.40. The number of rotatable bonds is 2. The fraction of sp³-hybridized carbons (Fsp3) is 0.867. The topological polar surface area (TPSA) is 52.6 Å². The standard InChI is InChI=1S/C15H20O4/c1-7-9-6-10-12(15(17)19-13(7)10)11(9)14(16)18-8-4-2-3-5-8/h7-13H,2-6H2,1H3. The van der Waals surface area contributed by atoms with Crippen LogP contribution >= 0.6 is 0 Å². The lowest BCUT2D eigenvalue weighted by Crippen LogP contribution is -2.38. The Morgan fingerprint density at radius 1 is 1.26 bits per heavy atom. The Hall–Kier alpha value is -1.06. The van der Waals surface area contributed by atoms with Crippen LogP contribution in [0.15, 0.2) is 0 Å². The summed E-state index contributed by atoms with van der Waals surface area (Å²) in [5.74, 6) is 0.151. The Labute approximate surface area is 112 Å². The maximum absolute atomic E-state index is 12.4. The maximum Gasteiger partial charge on any atom is 0.310 e. The van der Waals surface area contributed by atoms with Crippen molar-refractivity contribution in [2.24, 2.45) is 29.6 Å². The minimum absolute atomic E-state index is 0.0676. The fourth-order valence-corrected chi connectivity index (χ4v) is 4.95. The second kappa shape index (κ2) is 3.97. The van der Waals surface area contributed by atoms with Crippen molar-refractivity contribution in [2.45, 2.75) is 51.2 Å². The number of ether oxygens (including phenoxy) is 2. The summed E-state index contributed by atoms with van der Waals surface area (Å²) in [5.41, 5.74) is 0. The highest BCUT2D eigenvalue weighted by molar-refractivity contribution is 5.86. The highest BCUT2D eigenvalue weighted by atomic mass is 16.6.